The van der Waals surface area contributed by atoms with E-state index in [0.29, 0.717) is 11.1 Å². The summed E-state index contributed by atoms with van der Waals surface area (Å²) in [5.74, 6) is 0.173. The highest BCUT2D eigenvalue weighted by Crippen LogP contribution is 2.29. The Morgan fingerprint density at radius 2 is 1.57 bits per heavy atom. The zero-order chi connectivity index (χ0) is 19.1. The predicted octanol–water partition coefficient (Wildman–Crippen LogP) is 3.68. The van der Waals surface area contributed by atoms with Gasteiger partial charge in [-0.05, 0) is 37.1 Å². The number of amides is 2. The number of fused-ring (bicyclic) bond motifs is 1. The van der Waals surface area contributed by atoms with E-state index in [9.17, 15) is 9.59 Å². The molecule has 1 atom stereocenters. The lowest BCUT2D eigenvalue weighted by atomic mass is 10.00. The normalized spacial score (nSPS) is 14.0. The number of rotatable bonds is 4. The predicted molar refractivity (Wildman–Crippen MR) is 107 cm³/mol. The highest BCUT2D eigenvalue weighted by molar-refractivity contribution is 6.21. The van der Waals surface area contributed by atoms with Crippen LogP contribution in [0, 0.1) is 13.8 Å². The van der Waals surface area contributed by atoms with Crippen molar-refractivity contribution in [1.29, 1.82) is 0 Å². The molecule has 1 aliphatic rings. The van der Waals surface area contributed by atoms with Crippen molar-refractivity contribution >= 4 is 24.2 Å². The minimum absolute atomic E-state index is 0. The number of hydrogen-bond acceptors (Lipinski definition) is 5. The summed E-state index contributed by atoms with van der Waals surface area (Å²) in [4.78, 5) is 26.2. The number of imide groups is 1. The smallest absolute Gasteiger partial charge is 0.261 e. The molecule has 4 rings (SSSR count). The van der Waals surface area contributed by atoms with Crippen LogP contribution in [0.15, 0.2) is 53.1 Å². The molecule has 2 N–H and O–H groups in total. The van der Waals surface area contributed by atoms with Gasteiger partial charge in [0.1, 0.15) is 5.76 Å². The molecule has 0 fully saturated rings. The van der Waals surface area contributed by atoms with Gasteiger partial charge < -0.3 is 10.3 Å². The lowest BCUT2D eigenvalue weighted by molar-refractivity contribution is 0.0644. The van der Waals surface area contributed by atoms with Crippen LogP contribution in [0.4, 0.5) is 0 Å². The number of aromatic nitrogens is 1. The van der Waals surface area contributed by atoms with Crippen molar-refractivity contribution in [2.24, 2.45) is 5.73 Å². The van der Waals surface area contributed by atoms with Gasteiger partial charge in [-0.25, -0.2) is 0 Å². The summed E-state index contributed by atoms with van der Waals surface area (Å²) in [7, 11) is 0. The Balaban J connectivity index is 0.00000225. The molecule has 144 valence electrons. The van der Waals surface area contributed by atoms with Gasteiger partial charge in [0.2, 0.25) is 0 Å². The summed E-state index contributed by atoms with van der Waals surface area (Å²) >= 11 is 0. The summed E-state index contributed by atoms with van der Waals surface area (Å²) in [6.45, 7) is 3.90. The van der Waals surface area contributed by atoms with Gasteiger partial charge in [0.25, 0.3) is 11.8 Å². The van der Waals surface area contributed by atoms with Crippen LogP contribution in [0.2, 0.25) is 0 Å². The molecule has 7 heteroatoms. The maximum atomic E-state index is 12.5. The van der Waals surface area contributed by atoms with E-state index < -0.39 is 6.04 Å². The zero-order valence-electron chi connectivity index (χ0n) is 15.5. The Morgan fingerprint density at radius 1 is 1.00 bits per heavy atom. The van der Waals surface area contributed by atoms with E-state index in [1.165, 1.54) is 4.90 Å². The Morgan fingerprint density at radius 3 is 2.07 bits per heavy atom. The summed E-state index contributed by atoms with van der Waals surface area (Å²) in [5, 5.41) is 3.97. The molecule has 0 saturated heterocycles. The molecule has 1 aliphatic heterocycles. The third-order valence-corrected chi connectivity index (χ3v) is 4.92. The third-order valence-electron chi connectivity index (χ3n) is 4.92. The van der Waals surface area contributed by atoms with E-state index >= 15 is 0 Å². The fourth-order valence-electron chi connectivity index (χ4n) is 3.50. The lowest BCUT2D eigenvalue weighted by Gasteiger charge is -2.19. The Hall–Kier alpha value is -2.96. The molecular formula is C21H20ClN3O3. The van der Waals surface area contributed by atoms with Crippen molar-refractivity contribution in [2.75, 3.05) is 6.54 Å². The quantitative estimate of drug-likeness (QED) is 0.678. The first-order chi connectivity index (χ1) is 13.0. The average Bonchev–Trinajstić information content (AvgIpc) is 3.14. The van der Waals surface area contributed by atoms with Gasteiger partial charge in [0.05, 0.1) is 16.8 Å². The SMILES string of the molecule is Cc1noc(C)c1-c1ccc([C@@H](N)CN2C(=O)c3ccccc3C2=O)cc1.Cl. The molecule has 2 heterocycles. The van der Waals surface area contributed by atoms with E-state index in [4.69, 9.17) is 10.3 Å². The average molecular weight is 398 g/mol. The molecule has 28 heavy (non-hydrogen) atoms. The van der Waals surface area contributed by atoms with Crippen molar-refractivity contribution in [3.63, 3.8) is 0 Å². The lowest BCUT2D eigenvalue weighted by Crippen LogP contribution is -2.36. The van der Waals surface area contributed by atoms with E-state index in [1.807, 2.05) is 38.1 Å². The summed E-state index contributed by atoms with van der Waals surface area (Å²) < 4.78 is 5.21. The van der Waals surface area contributed by atoms with Gasteiger partial charge in [0, 0.05) is 18.2 Å². The number of carbonyl (C=O) groups excluding carboxylic acids is 2. The maximum absolute atomic E-state index is 12.5. The van der Waals surface area contributed by atoms with Crippen LogP contribution in [0.3, 0.4) is 0 Å². The largest absolute Gasteiger partial charge is 0.361 e. The highest BCUT2D eigenvalue weighted by atomic mass is 35.5. The molecule has 0 spiro atoms. The van der Waals surface area contributed by atoms with Crippen LogP contribution in [0.1, 0.15) is 43.8 Å². The number of benzene rings is 2. The number of halogens is 1. The van der Waals surface area contributed by atoms with Gasteiger partial charge in [-0.15, -0.1) is 12.4 Å². The zero-order valence-corrected chi connectivity index (χ0v) is 16.3. The Kier molecular flexibility index (Phi) is 5.36. The van der Waals surface area contributed by atoms with Crippen LogP contribution in [0.5, 0.6) is 0 Å². The Labute approximate surface area is 168 Å². The van der Waals surface area contributed by atoms with Crippen molar-refractivity contribution in [1.82, 2.24) is 10.1 Å². The van der Waals surface area contributed by atoms with Gasteiger partial charge in [0.15, 0.2) is 0 Å². The van der Waals surface area contributed by atoms with Crippen molar-refractivity contribution in [2.45, 2.75) is 19.9 Å². The minimum atomic E-state index is -0.467. The Bertz CT molecular complexity index is 989. The number of nitrogens with zero attached hydrogens (tertiary/aromatic N) is 2. The van der Waals surface area contributed by atoms with Crippen molar-refractivity contribution < 1.29 is 14.1 Å². The molecule has 0 radical (unpaired) electrons. The first-order valence-corrected chi connectivity index (χ1v) is 8.71. The second-order valence-electron chi connectivity index (χ2n) is 6.69. The van der Waals surface area contributed by atoms with Crippen LogP contribution < -0.4 is 5.73 Å². The molecule has 2 amide bonds. The molecule has 0 aliphatic carbocycles. The minimum Gasteiger partial charge on any atom is -0.361 e. The van der Waals surface area contributed by atoms with Gasteiger partial charge in [-0.1, -0.05) is 41.6 Å². The molecule has 1 aromatic heterocycles. The van der Waals surface area contributed by atoms with Gasteiger partial charge in [-0.3, -0.25) is 14.5 Å². The monoisotopic (exact) mass is 397 g/mol. The topological polar surface area (TPSA) is 89.4 Å². The van der Waals surface area contributed by atoms with E-state index in [0.717, 1.165) is 28.1 Å². The second kappa shape index (κ2) is 7.58. The number of aryl methyl sites for hydroxylation is 2. The standard InChI is InChI=1S/C21H19N3O3.ClH/c1-12-19(13(2)27-23-12)15-9-7-14(8-10-15)18(22)11-24-20(25)16-5-3-4-6-17(16)21(24)26;/h3-10,18H,11,22H2,1-2H3;1H/t18-;/m0./s1. The second-order valence-corrected chi connectivity index (χ2v) is 6.69. The van der Waals surface area contributed by atoms with Crippen LogP contribution in [0.25, 0.3) is 11.1 Å². The van der Waals surface area contributed by atoms with E-state index in [2.05, 4.69) is 5.16 Å². The van der Waals surface area contributed by atoms with E-state index in [-0.39, 0.29) is 30.8 Å². The number of carbonyl (C=O) groups is 2. The number of nitrogens with two attached hydrogens (primary N) is 1. The van der Waals surface area contributed by atoms with Crippen LogP contribution in [-0.4, -0.2) is 28.4 Å². The third kappa shape index (κ3) is 3.21. The van der Waals surface area contributed by atoms with Crippen LogP contribution >= 0.6 is 12.4 Å². The summed E-state index contributed by atoms with van der Waals surface area (Å²) in [6, 6.07) is 14.1. The van der Waals surface area contributed by atoms with Gasteiger partial charge in [-0.2, -0.15) is 0 Å². The van der Waals surface area contributed by atoms with Crippen molar-refractivity contribution in [3.05, 3.63) is 76.7 Å². The van der Waals surface area contributed by atoms with Crippen LogP contribution in [-0.2, 0) is 0 Å². The number of hydrogen-bond donors (Lipinski definition) is 1. The fourth-order valence-corrected chi connectivity index (χ4v) is 3.50. The fraction of sp³-hybridized carbons (Fsp3) is 0.190. The molecule has 0 bridgehead atoms. The summed E-state index contributed by atoms with van der Waals surface area (Å²) in [5.41, 5.74) is 10.8. The van der Waals surface area contributed by atoms with E-state index in [1.54, 1.807) is 24.3 Å². The molecule has 6 nitrogen and oxygen atoms in total. The maximum Gasteiger partial charge on any atom is 0.261 e. The molecule has 0 unspecified atom stereocenters. The molecular weight excluding hydrogens is 378 g/mol. The first-order valence-electron chi connectivity index (χ1n) is 8.71. The van der Waals surface area contributed by atoms with Gasteiger partial charge >= 0.3 is 0 Å². The molecule has 3 aromatic rings. The first kappa shape index (κ1) is 19.8. The molecule has 2 aromatic carbocycles. The van der Waals surface area contributed by atoms with Crippen molar-refractivity contribution in [3.8, 4) is 11.1 Å². The summed E-state index contributed by atoms with van der Waals surface area (Å²) in [6.07, 6.45) is 0. The molecule has 0 saturated carbocycles. The highest BCUT2D eigenvalue weighted by Gasteiger charge is 2.35.